The molecule has 0 aromatic rings. The molecule has 14 nitrogen and oxygen atoms in total. The second-order valence-electron chi connectivity index (χ2n) is 12.5. The standard InChI is InChI=1S/C26H49O14P3/c1-7-19-21(9-16(3)34-19)38-42(29,30)13-25-23(11-18(5)36-25)40-43(31,32)14-26-22(10-17(4)37-26)39-41(27,28)12-24-20(33-6)8-15(2)35-24/h15-26H,7-14H2,1-6H3,(H,27,28)(H,29,30)(H,31,32)/t15-,16-,17-,18-,19+,20?,21?,22?,23?,24+,25+,26+/m0/s1. The van der Waals surface area contributed by atoms with Crippen molar-refractivity contribution in [3.05, 3.63) is 0 Å². The molecule has 4 rings (SSSR count). The Bertz CT molecular complexity index is 1000. The van der Waals surface area contributed by atoms with Crippen LogP contribution in [0.2, 0.25) is 0 Å². The molecule has 0 aliphatic carbocycles. The summed E-state index contributed by atoms with van der Waals surface area (Å²) in [6.07, 6.45) is -5.64. The molecular weight excluding hydrogens is 629 g/mol. The van der Waals surface area contributed by atoms with Crippen molar-refractivity contribution in [3.8, 4) is 0 Å². The topological polar surface area (TPSA) is 186 Å². The van der Waals surface area contributed by atoms with Crippen molar-refractivity contribution in [2.75, 3.05) is 25.6 Å². The molecule has 0 aromatic carbocycles. The minimum absolute atomic E-state index is 0.0934. The third kappa shape index (κ3) is 10.1. The minimum atomic E-state index is -4.39. The molecule has 0 spiro atoms. The molecule has 4 aliphatic heterocycles. The number of ether oxygens (including phenoxy) is 5. The molecule has 17 heteroatoms. The van der Waals surface area contributed by atoms with Crippen LogP contribution in [0, 0.1) is 0 Å². The first-order valence-corrected chi connectivity index (χ1v) is 20.4. The molecule has 3 N–H and O–H groups in total. The fourth-order valence-electron chi connectivity index (χ4n) is 6.55. The molecule has 43 heavy (non-hydrogen) atoms. The third-order valence-corrected chi connectivity index (χ3v) is 12.6. The van der Waals surface area contributed by atoms with E-state index in [4.69, 9.17) is 37.3 Å². The van der Waals surface area contributed by atoms with Crippen molar-refractivity contribution < 1.29 is 65.6 Å². The molecule has 0 radical (unpaired) electrons. The Labute approximate surface area is 254 Å². The van der Waals surface area contributed by atoms with Crippen LogP contribution in [-0.4, -0.2) is 114 Å². The molecule has 7 unspecified atom stereocenters. The molecule has 15 atom stereocenters. The molecule has 4 aliphatic rings. The van der Waals surface area contributed by atoms with E-state index in [9.17, 15) is 28.4 Å². The van der Waals surface area contributed by atoms with E-state index in [-0.39, 0.29) is 49.5 Å². The summed E-state index contributed by atoms with van der Waals surface area (Å²) in [5.74, 6) is 0. The van der Waals surface area contributed by atoms with Crippen LogP contribution in [-0.2, 0) is 51.0 Å². The van der Waals surface area contributed by atoms with Crippen LogP contribution in [0.4, 0.5) is 0 Å². The minimum Gasteiger partial charge on any atom is -0.379 e. The molecule has 0 bridgehead atoms. The Morgan fingerprint density at radius 2 is 0.837 bits per heavy atom. The highest BCUT2D eigenvalue weighted by atomic mass is 31.2. The van der Waals surface area contributed by atoms with Crippen LogP contribution in [0.1, 0.15) is 66.7 Å². The fraction of sp³-hybridized carbons (Fsp3) is 1.00. The summed E-state index contributed by atoms with van der Waals surface area (Å²) in [6, 6.07) is 0. The van der Waals surface area contributed by atoms with Gasteiger partial charge in [-0.25, -0.2) is 0 Å². The fourth-order valence-corrected chi connectivity index (χ4v) is 11.1. The van der Waals surface area contributed by atoms with Crippen LogP contribution >= 0.6 is 22.8 Å². The van der Waals surface area contributed by atoms with Gasteiger partial charge in [-0.05, 0) is 34.1 Å². The van der Waals surface area contributed by atoms with Crippen LogP contribution in [0.25, 0.3) is 0 Å². The van der Waals surface area contributed by atoms with E-state index < -0.39 is 77.8 Å². The van der Waals surface area contributed by atoms with E-state index in [1.54, 1.807) is 13.8 Å². The number of rotatable bonds is 14. The van der Waals surface area contributed by atoms with Crippen molar-refractivity contribution in [1.29, 1.82) is 0 Å². The molecule has 4 saturated heterocycles. The quantitative estimate of drug-likeness (QED) is 0.225. The molecule has 4 fully saturated rings. The zero-order chi connectivity index (χ0) is 31.7. The average molecular weight is 679 g/mol. The van der Waals surface area contributed by atoms with Crippen LogP contribution in [0.15, 0.2) is 0 Å². The number of hydrogen-bond acceptors (Lipinski definition) is 11. The summed E-state index contributed by atoms with van der Waals surface area (Å²) in [6.45, 7) is 9.14. The molecule has 252 valence electrons. The number of hydrogen-bond donors (Lipinski definition) is 3. The Balaban J connectivity index is 1.35. The second kappa shape index (κ2) is 14.6. The lowest BCUT2D eigenvalue weighted by molar-refractivity contribution is 0.00439. The summed E-state index contributed by atoms with van der Waals surface area (Å²) >= 11 is 0. The van der Waals surface area contributed by atoms with Crippen LogP contribution in [0.3, 0.4) is 0 Å². The highest BCUT2D eigenvalue weighted by Gasteiger charge is 2.48. The average Bonchev–Trinajstić information content (AvgIpc) is 3.58. The second-order valence-corrected chi connectivity index (χ2v) is 18.0. The van der Waals surface area contributed by atoms with Gasteiger partial charge in [0.25, 0.3) is 0 Å². The maximum Gasteiger partial charge on any atom is 0.331 e. The van der Waals surface area contributed by atoms with Crippen LogP contribution in [0.5, 0.6) is 0 Å². The summed E-state index contributed by atoms with van der Waals surface area (Å²) < 4.78 is 84.9. The predicted molar refractivity (Wildman–Crippen MR) is 156 cm³/mol. The van der Waals surface area contributed by atoms with Gasteiger partial charge in [0.15, 0.2) is 0 Å². The Morgan fingerprint density at radius 1 is 0.558 bits per heavy atom. The lowest BCUT2D eigenvalue weighted by Gasteiger charge is -2.28. The van der Waals surface area contributed by atoms with Gasteiger partial charge in [-0.3, -0.25) is 13.7 Å². The highest BCUT2D eigenvalue weighted by Crippen LogP contribution is 2.54. The lowest BCUT2D eigenvalue weighted by Crippen LogP contribution is -2.33. The smallest absolute Gasteiger partial charge is 0.331 e. The van der Waals surface area contributed by atoms with Gasteiger partial charge in [0.05, 0.1) is 91.7 Å². The maximum atomic E-state index is 13.3. The van der Waals surface area contributed by atoms with Gasteiger partial charge < -0.3 is 51.9 Å². The normalized spacial score (nSPS) is 44.3. The van der Waals surface area contributed by atoms with Gasteiger partial charge in [-0.2, -0.15) is 0 Å². The zero-order valence-corrected chi connectivity index (χ0v) is 28.4. The van der Waals surface area contributed by atoms with E-state index in [1.807, 2.05) is 20.8 Å². The van der Waals surface area contributed by atoms with E-state index in [1.165, 1.54) is 7.11 Å². The van der Waals surface area contributed by atoms with Crippen molar-refractivity contribution in [3.63, 3.8) is 0 Å². The third-order valence-electron chi connectivity index (χ3n) is 8.38. The molecular formula is C26H49O14P3. The van der Waals surface area contributed by atoms with Gasteiger partial charge in [0.1, 0.15) is 0 Å². The van der Waals surface area contributed by atoms with Gasteiger partial charge in [0.2, 0.25) is 0 Å². The van der Waals surface area contributed by atoms with Crippen molar-refractivity contribution in [1.82, 2.24) is 0 Å². The molecule has 0 amide bonds. The Hall–Kier alpha value is 0.250. The van der Waals surface area contributed by atoms with Gasteiger partial charge in [-0.1, -0.05) is 6.92 Å². The molecule has 4 heterocycles. The largest absolute Gasteiger partial charge is 0.379 e. The first-order valence-electron chi connectivity index (χ1n) is 15.1. The monoisotopic (exact) mass is 678 g/mol. The first-order chi connectivity index (χ1) is 20.0. The van der Waals surface area contributed by atoms with E-state index >= 15 is 0 Å². The lowest BCUT2D eigenvalue weighted by atomic mass is 10.1. The summed E-state index contributed by atoms with van der Waals surface area (Å²) in [4.78, 5) is 32.3. The summed E-state index contributed by atoms with van der Waals surface area (Å²) in [5, 5.41) is 0. The van der Waals surface area contributed by atoms with Crippen molar-refractivity contribution in [2.45, 2.75) is 140 Å². The number of methoxy groups -OCH3 is 1. The Kier molecular flexibility index (Phi) is 12.2. The predicted octanol–water partition coefficient (Wildman–Crippen LogP) is 3.83. The van der Waals surface area contributed by atoms with E-state index in [0.29, 0.717) is 19.3 Å². The van der Waals surface area contributed by atoms with E-state index in [0.717, 1.165) is 0 Å². The van der Waals surface area contributed by atoms with Crippen molar-refractivity contribution >= 4 is 22.8 Å². The SMILES string of the molecule is CC[C@H]1O[C@@H](C)CC1OP(=O)(O)C[C@H]1O[C@@H](C)CC1OP(=O)(O)C[C@H]1O[C@@H](C)CC1OP(=O)(O)C[C@H]1O[C@@H](C)CC1OC. The van der Waals surface area contributed by atoms with Gasteiger partial charge in [0, 0.05) is 32.8 Å². The molecule has 0 aromatic heterocycles. The van der Waals surface area contributed by atoms with Gasteiger partial charge in [-0.15, -0.1) is 0 Å². The van der Waals surface area contributed by atoms with Crippen molar-refractivity contribution in [2.24, 2.45) is 0 Å². The van der Waals surface area contributed by atoms with Gasteiger partial charge >= 0.3 is 22.8 Å². The molecule has 0 saturated carbocycles. The zero-order valence-electron chi connectivity index (χ0n) is 25.8. The Morgan fingerprint density at radius 3 is 1.16 bits per heavy atom. The maximum absolute atomic E-state index is 13.3. The van der Waals surface area contributed by atoms with Crippen LogP contribution < -0.4 is 0 Å². The first kappa shape index (κ1) is 36.1. The van der Waals surface area contributed by atoms with E-state index in [2.05, 4.69) is 0 Å². The summed E-state index contributed by atoms with van der Waals surface area (Å²) in [5.41, 5.74) is 0. The highest BCUT2D eigenvalue weighted by molar-refractivity contribution is 7.53. The summed E-state index contributed by atoms with van der Waals surface area (Å²) in [7, 11) is -11.2.